The van der Waals surface area contributed by atoms with Gasteiger partial charge in [-0.05, 0) is 62.1 Å². The van der Waals surface area contributed by atoms with Gasteiger partial charge in [0.2, 0.25) is 0 Å². The van der Waals surface area contributed by atoms with E-state index in [4.69, 9.17) is 0 Å². The number of hydrogen-bond donors (Lipinski definition) is 0. The number of thiophene rings is 1. The number of benzene rings is 2. The predicted molar refractivity (Wildman–Crippen MR) is 95.0 cm³/mol. The van der Waals surface area contributed by atoms with Gasteiger partial charge in [0.05, 0.1) is 0 Å². The third-order valence-electron chi connectivity index (χ3n) is 4.35. The lowest BCUT2D eigenvalue weighted by Crippen LogP contribution is -1.90. The van der Waals surface area contributed by atoms with E-state index in [1.807, 2.05) is 11.3 Å². The monoisotopic (exact) mass is 290 g/mol. The number of hydrogen-bond acceptors (Lipinski definition) is 1. The highest BCUT2D eigenvalue weighted by atomic mass is 32.1. The molecule has 1 aromatic heterocycles. The molecule has 0 aliphatic heterocycles. The van der Waals surface area contributed by atoms with Gasteiger partial charge in [0.15, 0.2) is 0 Å². The van der Waals surface area contributed by atoms with E-state index in [9.17, 15) is 0 Å². The highest BCUT2D eigenvalue weighted by molar-refractivity contribution is 7.25. The summed E-state index contributed by atoms with van der Waals surface area (Å²) in [5.74, 6) is 0. The molecule has 0 saturated carbocycles. The summed E-state index contributed by atoms with van der Waals surface area (Å²) >= 11 is 1.89. The Labute approximate surface area is 129 Å². The van der Waals surface area contributed by atoms with Gasteiger partial charge < -0.3 is 0 Å². The predicted octanol–water partition coefficient (Wildman–Crippen LogP) is 6.49. The lowest BCUT2D eigenvalue weighted by Gasteiger charge is -2.12. The van der Waals surface area contributed by atoms with Gasteiger partial charge >= 0.3 is 0 Å². The van der Waals surface area contributed by atoms with Gasteiger partial charge in [0, 0.05) is 20.2 Å². The first kappa shape index (κ1) is 12.8. The molecule has 1 aliphatic carbocycles. The quantitative estimate of drug-likeness (QED) is 0.480. The van der Waals surface area contributed by atoms with Gasteiger partial charge in [-0.15, -0.1) is 11.3 Å². The van der Waals surface area contributed by atoms with Crippen LogP contribution in [0, 0.1) is 6.92 Å². The minimum absolute atomic E-state index is 1.16. The van der Waals surface area contributed by atoms with Gasteiger partial charge in [-0.2, -0.15) is 0 Å². The molecule has 2 aromatic carbocycles. The van der Waals surface area contributed by atoms with E-state index < -0.39 is 0 Å². The number of rotatable bonds is 1. The van der Waals surface area contributed by atoms with Crippen LogP contribution < -0.4 is 0 Å². The van der Waals surface area contributed by atoms with Crippen molar-refractivity contribution >= 4 is 37.1 Å². The fraction of sp³-hybridized carbons (Fsp3) is 0.200. The van der Waals surface area contributed by atoms with Gasteiger partial charge in [-0.3, -0.25) is 0 Å². The molecule has 0 spiro atoms. The Bertz CT molecular complexity index is 906. The van der Waals surface area contributed by atoms with Gasteiger partial charge in [0.1, 0.15) is 0 Å². The molecular formula is C20H18S. The first-order valence-electron chi connectivity index (χ1n) is 7.50. The molecule has 0 radical (unpaired) electrons. The van der Waals surface area contributed by atoms with Crippen LogP contribution >= 0.6 is 11.3 Å². The minimum atomic E-state index is 1.16. The molecule has 0 unspecified atom stereocenters. The van der Waals surface area contributed by atoms with Crippen LogP contribution in [0.4, 0.5) is 0 Å². The third-order valence-corrected chi connectivity index (χ3v) is 5.51. The third kappa shape index (κ3) is 2.22. The molecule has 0 saturated heterocycles. The Morgan fingerprint density at radius 1 is 0.810 bits per heavy atom. The Morgan fingerprint density at radius 3 is 2.33 bits per heavy atom. The zero-order chi connectivity index (χ0) is 14.4. The lowest BCUT2D eigenvalue weighted by atomic mass is 9.93. The second kappa shape index (κ2) is 4.85. The van der Waals surface area contributed by atoms with Crippen LogP contribution in [0.25, 0.3) is 25.7 Å². The van der Waals surface area contributed by atoms with Crippen molar-refractivity contribution < 1.29 is 0 Å². The zero-order valence-corrected chi connectivity index (χ0v) is 13.3. The van der Waals surface area contributed by atoms with E-state index in [1.54, 1.807) is 0 Å². The van der Waals surface area contributed by atoms with Crippen molar-refractivity contribution in [1.82, 2.24) is 0 Å². The maximum absolute atomic E-state index is 2.38. The molecular weight excluding hydrogens is 272 g/mol. The van der Waals surface area contributed by atoms with Crippen LogP contribution in [0.15, 0.2) is 54.1 Å². The Hall–Kier alpha value is -1.86. The first-order valence-corrected chi connectivity index (χ1v) is 8.32. The van der Waals surface area contributed by atoms with E-state index in [1.165, 1.54) is 48.9 Å². The van der Waals surface area contributed by atoms with E-state index in [2.05, 4.69) is 62.4 Å². The molecule has 21 heavy (non-hydrogen) atoms. The van der Waals surface area contributed by atoms with Crippen molar-refractivity contribution in [1.29, 1.82) is 0 Å². The summed E-state index contributed by atoms with van der Waals surface area (Å²) in [4.78, 5) is 0. The summed E-state index contributed by atoms with van der Waals surface area (Å²) in [5.41, 5.74) is 5.67. The second-order valence-corrected chi connectivity index (χ2v) is 7.10. The molecule has 0 bridgehead atoms. The highest BCUT2D eigenvalue weighted by Gasteiger charge is 2.10. The van der Waals surface area contributed by atoms with Crippen molar-refractivity contribution in [3.63, 3.8) is 0 Å². The van der Waals surface area contributed by atoms with Crippen molar-refractivity contribution in [2.75, 3.05) is 0 Å². The fourth-order valence-corrected chi connectivity index (χ4v) is 4.14. The van der Waals surface area contributed by atoms with Gasteiger partial charge in [-0.25, -0.2) is 0 Å². The van der Waals surface area contributed by atoms with Crippen LogP contribution in [0.1, 0.15) is 30.9 Å². The molecule has 0 atom stereocenters. The van der Waals surface area contributed by atoms with Crippen LogP contribution in [-0.4, -0.2) is 0 Å². The summed E-state index contributed by atoms with van der Waals surface area (Å²) < 4.78 is 2.78. The molecule has 104 valence electrons. The Balaban J connectivity index is 1.93. The number of aryl methyl sites for hydroxylation is 1. The maximum Gasteiger partial charge on any atom is 0.0355 e. The molecule has 4 rings (SSSR count). The summed E-state index contributed by atoms with van der Waals surface area (Å²) in [5, 5.41) is 2.81. The van der Waals surface area contributed by atoms with Crippen LogP contribution in [0.2, 0.25) is 0 Å². The van der Waals surface area contributed by atoms with E-state index in [0.29, 0.717) is 0 Å². The number of fused-ring (bicyclic) bond motifs is 3. The second-order valence-electron chi connectivity index (χ2n) is 6.02. The van der Waals surface area contributed by atoms with Gasteiger partial charge in [0.25, 0.3) is 0 Å². The molecule has 1 heterocycles. The maximum atomic E-state index is 2.38. The lowest BCUT2D eigenvalue weighted by molar-refractivity contribution is 0.977. The molecule has 0 amide bonds. The summed E-state index contributed by atoms with van der Waals surface area (Å²) in [6.07, 6.45) is 6.90. The normalized spacial score (nSPS) is 15.3. The minimum Gasteiger partial charge on any atom is -0.135 e. The van der Waals surface area contributed by atoms with Gasteiger partial charge in [-0.1, -0.05) is 35.4 Å². The first-order chi connectivity index (χ1) is 10.2. The molecule has 3 aromatic rings. The van der Waals surface area contributed by atoms with Crippen LogP contribution in [0.5, 0.6) is 0 Å². The molecule has 0 N–H and O–H groups in total. The average Bonchev–Trinajstić information content (AvgIpc) is 2.85. The molecule has 0 fully saturated rings. The van der Waals surface area contributed by atoms with Crippen molar-refractivity contribution in [3.05, 3.63) is 65.3 Å². The SMILES string of the molecule is CC1=CC=C(c2ccc3sc4ccc(C)cc4c3c2)CC1. The topological polar surface area (TPSA) is 0 Å². The van der Waals surface area contributed by atoms with Crippen LogP contribution in [-0.2, 0) is 0 Å². The summed E-state index contributed by atoms with van der Waals surface area (Å²) in [6.45, 7) is 4.38. The standard InChI is InChI=1S/C20H18S/c1-13-3-6-15(7-4-13)16-8-10-20-18(12-16)17-11-14(2)5-9-19(17)21-20/h3,5-6,8-12H,4,7H2,1-2H3. The molecule has 1 aliphatic rings. The largest absolute Gasteiger partial charge is 0.135 e. The highest BCUT2D eigenvalue weighted by Crippen LogP contribution is 2.37. The summed E-state index contributed by atoms with van der Waals surface area (Å²) in [7, 11) is 0. The van der Waals surface area contributed by atoms with Crippen molar-refractivity contribution in [3.8, 4) is 0 Å². The average molecular weight is 290 g/mol. The number of allylic oxidation sites excluding steroid dienone is 4. The summed E-state index contributed by atoms with van der Waals surface area (Å²) in [6, 6.07) is 13.7. The van der Waals surface area contributed by atoms with E-state index in [0.717, 1.165) is 6.42 Å². The van der Waals surface area contributed by atoms with E-state index in [-0.39, 0.29) is 0 Å². The van der Waals surface area contributed by atoms with Crippen LogP contribution in [0.3, 0.4) is 0 Å². The molecule has 1 heteroatoms. The fourth-order valence-electron chi connectivity index (χ4n) is 3.07. The molecule has 0 nitrogen and oxygen atoms in total. The van der Waals surface area contributed by atoms with Crippen molar-refractivity contribution in [2.24, 2.45) is 0 Å². The Morgan fingerprint density at radius 2 is 1.57 bits per heavy atom. The van der Waals surface area contributed by atoms with Crippen molar-refractivity contribution in [2.45, 2.75) is 26.7 Å². The van der Waals surface area contributed by atoms with E-state index >= 15 is 0 Å². The smallest absolute Gasteiger partial charge is 0.0355 e. The Kier molecular flexibility index (Phi) is 2.97. The zero-order valence-electron chi connectivity index (χ0n) is 12.4.